The van der Waals surface area contributed by atoms with Gasteiger partial charge in [0.25, 0.3) is 0 Å². The number of fused-ring (bicyclic) bond motifs is 1. The molecule has 7 nitrogen and oxygen atoms in total. The first-order valence-electron chi connectivity index (χ1n) is 7.47. The van der Waals surface area contributed by atoms with Crippen LogP contribution in [-0.2, 0) is 11.2 Å². The molecule has 0 aliphatic heterocycles. The fourth-order valence-electron chi connectivity index (χ4n) is 2.56. The van der Waals surface area contributed by atoms with Crippen LogP contribution in [0.4, 0.5) is 5.69 Å². The lowest BCUT2D eigenvalue weighted by atomic mass is 10.1. The Hall–Kier alpha value is -3.48. The maximum Gasteiger partial charge on any atom is 0.228 e. The molecule has 0 atom stereocenters. The average Bonchev–Trinajstić information content (AvgIpc) is 3.26. The van der Waals surface area contributed by atoms with Crippen molar-refractivity contribution in [1.82, 2.24) is 25.2 Å². The fraction of sp³-hybridized carbons (Fsp3) is 0.0588. The van der Waals surface area contributed by atoms with E-state index < -0.39 is 0 Å². The SMILES string of the molecule is O=C(Cc1ccc(-n2cnnn2)cc1)Nc1ccc2cc[nH]c2c1. The molecular weight excluding hydrogens is 304 g/mol. The van der Waals surface area contributed by atoms with Crippen molar-refractivity contribution >= 4 is 22.5 Å². The minimum atomic E-state index is -0.0592. The highest BCUT2D eigenvalue weighted by Crippen LogP contribution is 2.18. The van der Waals surface area contributed by atoms with Crippen LogP contribution in [0, 0.1) is 0 Å². The minimum Gasteiger partial charge on any atom is -0.361 e. The second-order valence-corrected chi connectivity index (χ2v) is 5.43. The number of aromatic amines is 1. The third-order valence-corrected chi connectivity index (χ3v) is 3.75. The van der Waals surface area contributed by atoms with E-state index in [2.05, 4.69) is 25.8 Å². The largest absolute Gasteiger partial charge is 0.361 e. The zero-order valence-electron chi connectivity index (χ0n) is 12.7. The maximum absolute atomic E-state index is 12.2. The van der Waals surface area contributed by atoms with Crippen molar-refractivity contribution in [2.75, 3.05) is 5.32 Å². The van der Waals surface area contributed by atoms with Gasteiger partial charge in [-0.1, -0.05) is 18.2 Å². The number of anilines is 1. The van der Waals surface area contributed by atoms with Crippen molar-refractivity contribution in [1.29, 1.82) is 0 Å². The number of tetrazole rings is 1. The summed E-state index contributed by atoms with van der Waals surface area (Å²) in [5.41, 5.74) is 3.55. The van der Waals surface area contributed by atoms with Crippen LogP contribution < -0.4 is 5.32 Å². The lowest BCUT2D eigenvalue weighted by molar-refractivity contribution is -0.115. The molecule has 0 saturated heterocycles. The predicted octanol–water partition coefficient (Wildman–Crippen LogP) is 2.32. The molecule has 4 aromatic rings. The Kier molecular flexibility index (Phi) is 3.51. The van der Waals surface area contributed by atoms with Gasteiger partial charge >= 0.3 is 0 Å². The molecule has 4 rings (SSSR count). The molecule has 0 aliphatic rings. The number of carbonyl (C=O) groups excluding carboxylic acids is 1. The Balaban J connectivity index is 1.43. The van der Waals surface area contributed by atoms with E-state index in [1.54, 1.807) is 4.68 Å². The summed E-state index contributed by atoms with van der Waals surface area (Å²) < 4.78 is 1.56. The lowest BCUT2D eigenvalue weighted by Crippen LogP contribution is -2.14. The topological polar surface area (TPSA) is 88.5 Å². The number of carbonyl (C=O) groups is 1. The highest BCUT2D eigenvalue weighted by atomic mass is 16.1. The Morgan fingerprint density at radius 2 is 2.00 bits per heavy atom. The van der Waals surface area contributed by atoms with Gasteiger partial charge in [0.05, 0.1) is 12.1 Å². The van der Waals surface area contributed by atoms with Gasteiger partial charge in [-0.25, -0.2) is 4.68 Å². The van der Waals surface area contributed by atoms with E-state index in [4.69, 9.17) is 0 Å². The van der Waals surface area contributed by atoms with Crippen LogP contribution in [0.15, 0.2) is 61.1 Å². The summed E-state index contributed by atoms with van der Waals surface area (Å²) in [5, 5.41) is 15.1. The molecule has 2 aromatic carbocycles. The van der Waals surface area contributed by atoms with Gasteiger partial charge in [-0.15, -0.1) is 5.10 Å². The van der Waals surface area contributed by atoms with Gasteiger partial charge in [0.15, 0.2) is 0 Å². The Labute approximate surface area is 137 Å². The van der Waals surface area contributed by atoms with E-state index in [-0.39, 0.29) is 5.91 Å². The van der Waals surface area contributed by atoms with E-state index in [1.165, 1.54) is 6.33 Å². The van der Waals surface area contributed by atoms with E-state index in [9.17, 15) is 4.79 Å². The standard InChI is InChI=1S/C17H14N6O/c24-17(20-14-4-3-13-7-8-18-16(13)10-14)9-12-1-5-15(6-2-12)23-11-19-21-22-23/h1-8,10-11,18H,9H2,(H,20,24). The normalized spacial score (nSPS) is 10.8. The number of nitrogens with one attached hydrogen (secondary N) is 2. The van der Waals surface area contributed by atoms with Crippen LogP contribution in [0.2, 0.25) is 0 Å². The number of hydrogen-bond acceptors (Lipinski definition) is 4. The molecule has 118 valence electrons. The summed E-state index contributed by atoms with van der Waals surface area (Å²) in [5.74, 6) is -0.0592. The Bertz CT molecular complexity index is 972. The molecule has 0 fully saturated rings. The monoisotopic (exact) mass is 318 g/mol. The molecule has 1 amide bonds. The molecule has 0 aliphatic carbocycles. The summed E-state index contributed by atoms with van der Waals surface area (Å²) in [4.78, 5) is 15.3. The zero-order valence-corrected chi connectivity index (χ0v) is 12.7. The maximum atomic E-state index is 12.2. The van der Waals surface area contributed by atoms with Crippen molar-refractivity contribution in [2.24, 2.45) is 0 Å². The second kappa shape index (κ2) is 5.96. The number of amides is 1. The van der Waals surface area contributed by atoms with Crippen LogP contribution in [0.3, 0.4) is 0 Å². The van der Waals surface area contributed by atoms with E-state index in [0.29, 0.717) is 6.42 Å². The van der Waals surface area contributed by atoms with Crippen LogP contribution in [-0.4, -0.2) is 31.1 Å². The lowest BCUT2D eigenvalue weighted by Gasteiger charge is -2.06. The molecule has 0 radical (unpaired) electrons. The highest BCUT2D eigenvalue weighted by molar-refractivity contribution is 5.94. The number of aromatic nitrogens is 5. The molecular formula is C17H14N6O. The van der Waals surface area contributed by atoms with Gasteiger partial charge in [-0.3, -0.25) is 4.79 Å². The predicted molar refractivity (Wildman–Crippen MR) is 89.8 cm³/mol. The van der Waals surface area contributed by atoms with Crippen LogP contribution in [0.25, 0.3) is 16.6 Å². The molecule has 2 N–H and O–H groups in total. The van der Waals surface area contributed by atoms with Crippen molar-refractivity contribution in [2.45, 2.75) is 6.42 Å². The molecule has 0 saturated carbocycles. The van der Waals surface area contributed by atoms with Gasteiger partial charge in [0, 0.05) is 17.4 Å². The van der Waals surface area contributed by atoms with Crippen LogP contribution in [0.1, 0.15) is 5.56 Å². The van der Waals surface area contributed by atoms with Crippen molar-refractivity contribution in [3.8, 4) is 5.69 Å². The number of nitrogens with zero attached hydrogens (tertiary/aromatic N) is 4. The van der Waals surface area contributed by atoms with Gasteiger partial charge in [-0.2, -0.15) is 0 Å². The third kappa shape index (κ3) is 2.87. The van der Waals surface area contributed by atoms with E-state index in [1.807, 2.05) is 54.7 Å². The molecule has 0 unspecified atom stereocenters. The summed E-state index contributed by atoms with van der Waals surface area (Å²) in [6.45, 7) is 0. The van der Waals surface area contributed by atoms with Gasteiger partial charge < -0.3 is 10.3 Å². The highest BCUT2D eigenvalue weighted by Gasteiger charge is 2.06. The molecule has 24 heavy (non-hydrogen) atoms. The second-order valence-electron chi connectivity index (χ2n) is 5.43. The van der Waals surface area contributed by atoms with Crippen molar-refractivity contribution in [3.63, 3.8) is 0 Å². The fourth-order valence-corrected chi connectivity index (χ4v) is 2.56. The molecule has 2 aromatic heterocycles. The van der Waals surface area contributed by atoms with Crippen LogP contribution >= 0.6 is 0 Å². The molecule has 2 heterocycles. The Morgan fingerprint density at radius 3 is 2.79 bits per heavy atom. The van der Waals surface area contributed by atoms with Gasteiger partial charge in [-0.05, 0) is 51.7 Å². The molecule has 0 bridgehead atoms. The third-order valence-electron chi connectivity index (χ3n) is 3.75. The van der Waals surface area contributed by atoms with Crippen molar-refractivity contribution < 1.29 is 4.79 Å². The molecule has 0 spiro atoms. The van der Waals surface area contributed by atoms with Gasteiger partial charge in [0.1, 0.15) is 6.33 Å². The van der Waals surface area contributed by atoms with Crippen molar-refractivity contribution in [3.05, 3.63) is 66.6 Å². The number of rotatable bonds is 4. The first kappa shape index (κ1) is 14.1. The zero-order chi connectivity index (χ0) is 16.4. The first-order chi connectivity index (χ1) is 11.8. The smallest absolute Gasteiger partial charge is 0.228 e. The number of H-pyrrole nitrogens is 1. The van der Waals surface area contributed by atoms with Gasteiger partial charge in [0.2, 0.25) is 5.91 Å². The summed E-state index contributed by atoms with van der Waals surface area (Å²) in [6.07, 6.45) is 3.71. The quantitative estimate of drug-likeness (QED) is 0.604. The van der Waals surface area contributed by atoms with E-state index >= 15 is 0 Å². The summed E-state index contributed by atoms with van der Waals surface area (Å²) in [7, 11) is 0. The Morgan fingerprint density at radius 1 is 1.12 bits per heavy atom. The molecule has 7 heteroatoms. The van der Waals surface area contributed by atoms with Crippen LogP contribution in [0.5, 0.6) is 0 Å². The summed E-state index contributed by atoms with van der Waals surface area (Å²) >= 11 is 0. The summed E-state index contributed by atoms with van der Waals surface area (Å²) in [6, 6.07) is 15.3. The average molecular weight is 318 g/mol. The minimum absolute atomic E-state index is 0.0592. The first-order valence-corrected chi connectivity index (χ1v) is 7.47. The number of hydrogen-bond donors (Lipinski definition) is 2. The van der Waals surface area contributed by atoms with E-state index in [0.717, 1.165) is 27.8 Å². The number of benzene rings is 2.